The Hall–Kier alpha value is -1.05. The first-order valence-electron chi connectivity index (χ1n) is 3.88. The van der Waals surface area contributed by atoms with Crippen LogP contribution in [0.1, 0.15) is 25.0 Å². The third-order valence-corrected chi connectivity index (χ3v) is 1.51. The van der Waals surface area contributed by atoms with Crippen LogP contribution in [0.15, 0.2) is 12.4 Å². The summed E-state index contributed by atoms with van der Waals surface area (Å²) in [5, 5.41) is 0. The number of aromatic nitrogens is 1. The van der Waals surface area contributed by atoms with Gasteiger partial charge >= 0.3 is 0 Å². The van der Waals surface area contributed by atoms with Crippen molar-refractivity contribution in [2.24, 2.45) is 0 Å². The van der Waals surface area contributed by atoms with E-state index in [9.17, 15) is 0 Å². The van der Waals surface area contributed by atoms with Crippen molar-refractivity contribution in [2.75, 3.05) is 5.73 Å². The lowest BCUT2D eigenvalue weighted by atomic mass is 10.2. The Morgan fingerprint density at radius 3 is 2.09 bits per heavy atom. The number of hydrogen-bond acceptors (Lipinski definition) is 2. The van der Waals surface area contributed by atoms with E-state index in [0.717, 1.165) is 16.8 Å². The van der Waals surface area contributed by atoms with E-state index in [1.807, 2.05) is 33.9 Å². The summed E-state index contributed by atoms with van der Waals surface area (Å²) in [4.78, 5) is 3.92. The Morgan fingerprint density at radius 1 is 1.18 bits per heavy atom. The van der Waals surface area contributed by atoms with E-state index < -0.39 is 0 Å². The van der Waals surface area contributed by atoms with Crippen LogP contribution < -0.4 is 5.73 Å². The van der Waals surface area contributed by atoms with Gasteiger partial charge in [0.2, 0.25) is 0 Å². The molecule has 1 heterocycles. The summed E-state index contributed by atoms with van der Waals surface area (Å²) < 4.78 is 0. The molecule has 0 aliphatic rings. The maximum Gasteiger partial charge on any atom is 0.0532 e. The second-order valence-electron chi connectivity index (χ2n) is 2.17. The molecular weight excluding hydrogens is 136 g/mol. The Morgan fingerprint density at radius 2 is 1.73 bits per heavy atom. The molecule has 0 fully saturated rings. The van der Waals surface area contributed by atoms with Gasteiger partial charge in [0.1, 0.15) is 0 Å². The lowest BCUT2D eigenvalue weighted by molar-refractivity contribution is 1.22. The molecule has 0 aliphatic heterocycles. The second kappa shape index (κ2) is 4.72. The lowest BCUT2D eigenvalue weighted by Crippen LogP contribution is -1.92. The van der Waals surface area contributed by atoms with Crippen LogP contribution in [0, 0.1) is 13.8 Å². The summed E-state index contributed by atoms with van der Waals surface area (Å²) in [5.74, 6) is 0. The summed E-state index contributed by atoms with van der Waals surface area (Å²) >= 11 is 0. The number of nitrogens with two attached hydrogens (primary N) is 1. The van der Waals surface area contributed by atoms with Crippen LogP contribution in [0.25, 0.3) is 0 Å². The number of hydrogen-bond donors (Lipinski definition) is 1. The first-order valence-corrected chi connectivity index (χ1v) is 3.88. The van der Waals surface area contributed by atoms with Gasteiger partial charge in [-0.2, -0.15) is 0 Å². The van der Waals surface area contributed by atoms with Gasteiger partial charge in [0.05, 0.1) is 11.9 Å². The van der Waals surface area contributed by atoms with Crippen LogP contribution in [-0.2, 0) is 0 Å². The molecule has 0 amide bonds. The summed E-state index contributed by atoms with van der Waals surface area (Å²) in [7, 11) is 0. The maximum absolute atomic E-state index is 5.56. The van der Waals surface area contributed by atoms with E-state index in [4.69, 9.17) is 5.73 Å². The topological polar surface area (TPSA) is 38.9 Å². The van der Waals surface area contributed by atoms with Crippen LogP contribution >= 0.6 is 0 Å². The Labute approximate surface area is 68.5 Å². The minimum Gasteiger partial charge on any atom is -0.397 e. The maximum atomic E-state index is 5.56. The molecule has 0 saturated heterocycles. The number of nitrogen functional groups attached to an aromatic ring is 1. The van der Waals surface area contributed by atoms with Crippen LogP contribution in [0.5, 0.6) is 0 Å². The summed E-state index contributed by atoms with van der Waals surface area (Å²) in [6.07, 6.45) is 3.48. The molecule has 11 heavy (non-hydrogen) atoms. The smallest absolute Gasteiger partial charge is 0.0532 e. The highest BCUT2D eigenvalue weighted by Gasteiger charge is 1.93. The molecule has 0 aromatic carbocycles. The van der Waals surface area contributed by atoms with Gasteiger partial charge in [-0.3, -0.25) is 4.98 Å². The number of rotatable bonds is 0. The first-order chi connectivity index (χ1) is 5.22. The average molecular weight is 152 g/mol. The Kier molecular flexibility index (Phi) is 4.27. The van der Waals surface area contributed by atoms with Gasteiger partial charge in [0.15, 0.2) is 0 Å². The molecule has 2 N–H and O–H groups in total. The predicted octanol–water partition coefficient (Wildman–Crippen LogP) is 2.31. The fraction of sp³-hybridized carbons (Fsp3) is 0.444. The minimum absolute atomic E-state index is 0.773. The third kappa shape index (κ3) is 2.58. The lowest BCUT2D eigenvalue weighted by Gasteiger charge is -1.99. The predicted molar refractivity (Wildman–Crippen MR) is 49.5 cm³/mol. The van der Waals surface area contributed by atoms with Gasteiger partial charge in [-0.1, -0.05) is 13.8 Å². The van der Waals surface area contributed by atoms with Gasteiger partial charge in [0.25, 0.3) is 0 Å². The van der Waals surface area contributed by atoms with Crippen molar-refractivity contribution < 1.29 is 0 Å². The van der Waals surface area contributed by atoms with Gasteiger partial charge in [0, 0.05) is 6.20 Å². The highest BCUT2D eigenvalue weighted by molar-refractivity contribution is 5.46. The summed E-state index contributed by atoms with van der Waals surface area (Å²) in [5.41, 5.74) is 8.61. The SMILES string of the molecule is CC.Cc1cncc(N)c1C. The number of nitrogens with zero attached hydrogens (tertiary/aromatic N) is 1. The zero-order valence-electron chi connectivity index (χ0n) is 7.68. The van der Waals surface area contributed by atoms with E-state index in [1.54, 1.807) is 6.20 Å². The highest BCUT2D eigenvalue weighted by Crippen LogP contribution is 2.10. The molecular formula is C9H16N2. The van der Waals surface area contributed by atoms with Crippen molar-refractivity contribution >= 4 is 5.69 Å². The molecule has 1 rings (SSSR count). The minimum atomic E-state index is 0.773. The van der Waals surface area contributed by atoms with E-state index in [-0.39, 0.29) is 0 Å². The van der Waals surface area contributed by atoms with Crippen molar-refractivity contribution in [3.05, 3.63) is 23.5 Å². The average Bonchev–Trinajstić information content (AvgIpc) is 2.04. The van der Waals surface area contributed by atoms with Gasteiger partial charge in [-0.05, 0) is 25.0 Å². The molecule has 0 radical (unpaired) electrons. The van der Waals surface area contributed by atoms with E-state index in [1.165, 1.54) is 0 Å². The molecule has 0 saturated carbocycles. The molecule has 2 nitrogen and oxygen atoms in total. The zero-order valence-corrected chi connectivity index (χ0v) is 7.68. The normalized spacial score (nSPS) is 8.36. The second-order valence-corrected chi connectivity index (χ2v) is 2.17. The number of anilines is 1. The molecule has 1 aromatic rings. The van der Waals surface area contributed by atoms with Gasteiger partial charge in [-0.25, -0.2) is 0 Å². The largest absolute Gasteiger partial charge is 0.397 e. The van der Waals surface area contributed by atoms with Crippen molar-refractivity contribution in [2.45, 2.75) is 27.7 Å². The first kappa shape index (κ1) is 9.95. The molecule has 1 aromatic heterocycles. The number of pyridine rings is 1. The van der Waals surface area contributed by atoms with E-state index in [0.29, 0.717) is 0 Å². The molecule has 0 atom stereocenters. The van der Waals surface area contributed by atoms with Crippen molar-refractivity contribution in [1.29, 1.82) is 0 Å². The molecule has 0 spiro atoms. The van der Waals surface area contributed by atoms with Crippen molar-refractivity contribution in [1.82, 2.24) is 4.98 Å². The van der Waals surface area contributed by atoms with Crippen LogP contribution in [0.2, 0.25) is 0 Å². The Bertz CT molecular complexity index is 199. The zero-order chi connectivity index (χ0) is 8.85. The molecule has 0 unspecified atom stereocenters. The molecule has 62 valence electrons. The summed E-state index contributed by atoms with van der Waals surface area (Å²) in [6.45, 7) is 7.99. The monoisotopic (exact) mass is 152 g/mol. The van der Waals surface area contributed by atoms with Gasteiger partial charge in [-0.15, -0.1) is 0 Å². The van der Waals surface area contributed by atoms with Crippen molar-refractivity contribution in [3.63, 3.8) is 0 Å². The Balaban J connectivity index is 0.000000461. The van der Waals surface area contributed by atoms with E-state index >= 15 is 0 Å². The van der Waals surface area contributed by atoms with Gasteiger partial charge < -0.3 is 5.73 Å². The standard InChI is InChI=1S/C7H10N2.C2H6/c1-5-3-9-4-7(8)6(5)2;1-2/h3-4H,8H2,1-2H3;1-2H3. The fourth-order valence-corrected chi connectivity index (χ4v) is 0.651. The van der Waals surface area contributed by atoms with Crippen molar-refractivity contribution in [3.8, 4) is 0 Å². The van der Waals surface area contributed by atoms with Crippen LogP contribution in [0.3, 0.4) is 0 Å². The highest BCUT2D eigenvalue weighted by atomic mass is 14.7. The molecule has 0 aliphatic carbocycles. The molecule has 2 heteroatoms. The quantitative estimate of drug-likeness (QED) is 0.619. The molecule has 0 bridgehead atoms. The fourth-order valence-electron chi connectivity index (χ4n) is 0.651. The van der Waals surface area contributed by atoms with E-state index in [2.05, 4.69) is 4.98 Å². The third-order valence-electron chi connectivity index (χ3n) is 1.51. The van der Waals surface area contributed by atoms with Crippen LogP contribution in [0.4, 0.5) is 5.69 Å². The number of aryl methyl sites for hydroxylation is 1. The summed E-state index contributed by atoms with van der Waals surface area (Å²) in [6, 6.07) is 0. The van der Waals surface area contributed by atoms with Crippen LogP contribution in [-0.4, -0.2) is 4.98 Å².